The molecule has 4 heteroatoms. The molecule has 0 aliphatic heterocycles. The quantitative estimate of drug-likeness (QED) is 0.667. The van der Waals surface area contributed by atoms with Crippen molar-refractivity contribution >= 4 is 11.6 Å². The number of para-hydroxylation sites is 1. The van der Waals surface area contributed by atoms with E-state index in [9.17, 15) is 0 Å². The second-order valence-corrected chi connectivity index (χ2v) is 5.64. The molecule has 2 aromatic rings. The van der Waals surface area contributed by atoms with Gasteiger partial charge in [0.2, 0.25) is 0 Å². The van der Waals surface area contributed by atoms with Crippen LogP contribution in [0.25, 0.3) is 0 Å². The minimum absolute atomic E-state index is 0.421. The first-order chi connectivity index (χ1) is 11.3. The average molecular weight is 334 g/mol. The van der Waals surface area contributed by atoms with Gasteiger partial charge in [-0.25, -0.2) is 0 Å². The molecule has 124 valence electrons. The molecule has 2 aromatic carbocycles. The van der Waals surface area contributed by atoms with Crippen molar-refractivity contribution in [3.63, 3.8) is 0 Å². The highest BCUT2D eigenvalue weighted by atomic mass is 35.5. The standard InChI is InChI=1S/C19H24ClNO2/c1-3-12-21-13-15-9-7-11-18(22-4-2)19(15)23-14-16-8-5-6-10-17(16)20/h5-11,21H,3-4,12-14H2,1-2H3. The number of ether oxygens (including phenoxy) is 2. The zero-order valence-corrected chi connectivity index (χ0v) is 14.5. The molecule has 23 heavy (non-hydrogen) atoms. The van der Waals surface area contributed by atoms with Gasteiger partial charge in [-0.15, -0.1) is 0 Å². The van der Waals surface area contributed by atoms with Crippen LogP contribution in [-0.4, -0.2) is 13.2 Å². The summed E-state index contributed by atoms with van der Waals surface area (Å²) in [7, 11) is 0. The molecule has 0 aliphatic rings. The van der Waals surface area contributed by atoms with Gasteiger partial charge in [-0.1, -0.05) is 48.9 Å². The van der Waals surface area contributed by atoms with Crippen molar-refractivity contribution < 1.29 is 9.47 Å². The Morgan fingerprint density at radius 1 is 0.957 bits per heavy atom. The lowest BCUT2D eigenvalue weighted by atomic mass is 10.1. The van der Waals surface area contributed by atoms with Crippen molar-refractivity contribution in [3.05, 3.63) is 58.6 Å². The summed E-state index contributed by atoms with van der Waals surface area (Å²) in [6.07, 6.45) is 1.10. The van der Waals surface area contributed by atoms with Crippen LogP contribution >= 0.6 is 11.6 Å². The minimum Gasteiger partial charge on any atom is -0.490 e. The molecule has 0 bridgehead atoms. The molecule has 1 N–H and O–H groups in total. The van der Waals surface area contributed by atoms with Gasteiger partial charge >= 0.3 is 0 Å². The summed E-state index contributed by atoms with van der Waals surface area (Å²) < 4.78 is 11.8. The summed E-state index contributed by atoms with van der Waals surface area (Å²) in [6.45, 7) is 6.88. The topological polar surface area (TPSA) is 30.5 Å². The molecule has 0 heterocycles. The van der Waals surface area contributed by atoms with Crippen LogP contribution in [0.4, 0.5) is 0 Å². The van der Waals surface area contributed by atoms with Gasteiger partial charge in [0.1, 0.15) is 6.61 Å². The van der Waals surface area contributed by atoms with E-state index in [0.29, 0.717) is 18.2 Å². The van der Waals surface area contributed by atoms with Gasteiger partial charge < -0.3 is 14.8 Å². The third-order valence-electron chi connectivity index (χ3n) is 3.43. The molecule has 0 fully saturated rings. The highest BCUT2D eigenvalue weighted by Crippen LogP contribution is 2.32. The summed E-state index contributed by atoms with van der Waals surface area (Å²) in [5.74, 6) is 1.56. The van der Waals surface area contributed by atoms with E-state index in [-0.39, 0.29) is 0 Å². The van der Waals surface area contributed by atoms with Gasteiger partial charge in [-0.3, -0.25) is 0 Å². The SMILES string of the molecule is CCCNCc1cccc(OCC)c1OCc1ccccc1Cl. The van der Waals surface area contributed by atoms with E-state index in [4.69, 9.17) is 21.1 Å². The van der Waals surface area contributed by atoms with Gasteiger partial charge in [0, 0.05) is 22.7 Å². The summed E-state index contributed by atoms with van der Waals surface area (Å²) in [5, 5.41) is 4.12. The Morgan fingerprint density at radius 2 is 1.74 bits per heavy atom. The maximum atomic E-state index is 6.21. The fourth-order valence-electron chi connectivity index (χ4n) is 2.30. The molecule has 0 spiro atoms. The Bertz CT molecular complexity index is 616. The van der Waals surface area contributed by atoms with Gasteiger partial charge in [-0.2, -0.15) is 0 Å². The summed E-state index contributed by atoms with van der Waals surface area (Å²) >= 11 is 6.21. The van der Waals surface area contributed by atoms with E-state index in [1.165, 1.54) is 0 Å². The Hall–Kier alpha value is -1.71. The number of hydrogen-bond acceptors (Lipinski definition) is 3. The summed E-state index contributed by atoms with van der Waals surface area (Å²) in [5.41, 5.74) is 2.06. The Labute approximate surface area is 143 Å². The number of hydrogen-bond donors (Lipinski definition) is 1. The molecule has 3 nitrogen and oxygen atoms in total. The lowest BCUT2D eigenvalue weighted by molar-refractivity contribution is 0.266. The zero-order chi connectivity index (χ0) is 16.5. The molecule has 0 aliphatic carbocycles. The van der Waals surface area contributed by atoms with Crippen molar-refractivity contribution in [2.45, 2.75) is 33.4 Å². The number of halogens is 1. The molecule has 0 radical (unpaired) electrons. The van der Waals surface area contributed by atoms with E-state index in [1.54, 1.807) is 0 Å². The molecule has 0 aromatic heterocycles. The van der Waals surface area contributed by atoms with Crippen LogP contribution in [0.2, 0.25) is 5.02 Å². The minimum atomic E-state index is 0.421. The van der Waals surface area contributed by atoms with Crippen LogP contribution in [0.3, 0.4) is 0 Å². The fraction of sp³-hybridized carbons (Fsp3) is 0.368. The van der Waals surface area contributed by atoms with Crippen molar-refractivity contribution in [1.82, 2.24) is 5.32 Å². The lowest BCUT2D eigenvalue weighted by Crippen LogP contribution is -2.15. The van der Waals surface area contributed by atoms with Gasteiger partial charge in [0.25, 0.3) is 0 Å². The number of nitrogens with one attached hydrogen (secondary N) is 1. The van der Waals surface area contributed by atoms with Crippen LogP contribution in [0.15, 0.2) is 42.5 Å². The fourth-order valence-corrected chi connectivity index (χ4v) is 2.49. The van der Waals surface area contributed by atoms with E-state index in [1.807, 2.05) is 43.3 Å². The van der Waals surface area contributed by atoms with E-state index >= 15 is 0 Å². The third kappa shape index (κ3) is 5.15. The highest BCUT2D eigenvalue weighted by Gasteiger charge is 2.12. The molecule has 0 atom stereocenters. The first kappa shape index (κ1) is 17.6. The molecule has 0 amide bonds. The summed E-state index contributed by atoms with van der Waals surface area (Å²) in [6, 6.07) is 13.7. The maximum absolute atomic E-state index is 6.21. The number of benzene rings is 2. The van der Waals surface area contributed by atoms with Gasteiger partial charge in [-0.05, 0) is 32.0 Å². The van der Waals surface area contributed by atoms with E-state index in [0.717, 1.165) is 42.1 Å². The average Bonchev–Trinajstić information content (AvgIpc) is 2.56. The van der Waals surface area contributed by atoms with Crippen LogP contribution in [0, 0.1) is 0 Å². The van der Waals surface area contributed by atoms with Crippen LogP contribution in [0.5, 0.6) is 11.5 Å². The Balaban J connectivity index is 2.17. The second-order valence-electron chi connectivity index (χ2n) is 5.23. The van der Waals surface area contributed by atoms with E-state index < -0.39 is 0 Å². The maximum Gasteiger partial charge on any atom is 0.166 e. The van der Waals surface area contributed by atoms with E-state index in [2.05, 4.69) is 18.3 Å². The van der Waals surface area contributed by atoms with Gasteiger partial charge in [0.05, 0.1) is 6.61 Å². The van der Waals surface area contributed by atoms with Crippen molar-refractivity contribution in [3.8, 4) is 11.5 Å². The van der Waals surface area contributed by atoms with Crippen molar-refractivity contribution in [1.29, 1.82) is 0 Å². The largest absolute Gasteiger partial charge is 0.490 e. The second kappa shape index (κ2) is 9.43. The first-order valence-electron chi connectivity index (χ1n) is 8.07. The third-order valence-corrected chi connectivity index (χ3v) is 3.80. The molecule has 0 unspecified atom stereocenters. The predicted molar refractivity (Wildman–Crippen MR) is 95.4 cm³/mol. The predicted octanol–water partition coefficient (Wildman–Crippen LogP) is 4.82. The van der Waals surface area contributed by atoms with Crippen molar-refractivity contribution in [2.75, 3.05) is 13.2 Å². The van der Waals surface area contributed by atoms with Crippen molar-refractivity contribution in [2.24, 2.45) is 0 Å². The zero-order valence-electron chi connectivity index (χ0n) is 13.8. The van der Waals surface area contributed by atoms with Crippen LogP contribution in [0.1, 0.15) is 31.4 Å². The van der Waals surface area contributed by atoms with Gasteiger partial charge in [0.15, 0.2) is 11.5 Å². The van der Waals surface area contributed by atoms with Crippen LogP contribution in [-0.2, 0) is 13.2 Å². The normalized spacial score (nSPS) is 10.6. The highest BCUT2D eigenvalue weighted by molar-refractivity contribution is 6.31. The molecule has 0 saturated heterocycles. The Morgan fingerprint density at radius 3 is 2.48 bits per heavy atom. The molecule has 2 rings (SSSR count). The monoisotopic (exact) mass is 333 g/mol. The number of rotatable bonds is 9. The van der Waals surface area contributed by atoms with Crippen LogP contribution < -0.4 is 14.8 Å². The molecular formula is C19H24ClNO2. The molecule has 0 saturated carbocycles. The lowest BCUT2D eigenvalue weighted by Gasteiger charge is -2.17. The molecular weight excluding hydrogens is 310 g/mol. The smallest absolute Gasteiger partial charge is 0.166 e. The summed E-state index contributed by atoms with van der Waals surface area (Å²) in [4.78, 5) is 0. The first-order valence-corrected chi connectivity index (χ1v) is 8.45. The Kier molecular flexibility index (Phi) is 7.24.